The summed E-state index contributed by atoms with van der Waals surface area (Å²) in [6.07, 6.45) is 3.18. The highest BCUT2D eigenvalue weighted by Gasteiger charge is 2.13. The van der Waals surface area contributed by atoms with Crippen LogP contribution < -0.4 is 24.4 Å². The number of benzene rings is 3. The smallest absolute Gasteiger partial charge is 0.271 e. The fourth-order valence-corrected chi connectivity index (χ4v) is 4.02. The molecule has 0 aliphatic heterocycles. The lowest BCUT2D eigenvalue weighted by molar-refractivity contribution is 0.0954. The number of ether oxygens (including phenoxy) is 4. The first-order valence-electron chi connectivity index (χ1n) is 11.0. The van der Waals surface area contributed by atoms with E-state index in [0.717, 1.165) is 14.7 Å². The summed E-state index contributed by atoms with van der Waals surface area (Å²) in [5, 5.41) is 4.77. The van der Waals surface area contributed by atoms with Crippen molar-refractivity contribution in [3.63, 3.8) is 0 Å². The molecule has 0 heterocycles. The highest BCUT2D eigenvalue weighted by atomic mass is 127. The number of carbonyl (C=O) groups excluding carboxylic acids is 1. The van der Waals surface area contributed by atoms with E-state index in [1.807, 2.05) is 43.3 Å². The van der Waals surface area contributed by atoms with E-state index in [2.05, 4.69) is 39.7 Å². The van der Waals surface area contributed by atoms with Gasteiger partial charge in [-0.2, -0.15) is 5.10 Å². The number of hydrogen-bond donors (Lipinski definition) is 1. The largest absolute Gasteiger partial charge is 0.493 e. The van der Waals surface area contributed by atoms with Gasteiger partial charge in [-0.1, -0.05) is 36.4 Å². The SMILES string of the molecule is C=CCOc1ccc(C(=O)N/N=C/c2cc(I)c(OCc3ccc(Cl)cc3)c(OCC)c2)cc1OC. The molecule has 3 aromatic rings. The molecule has 0 saturated heterocycles. The van der Waals surface area contributed by atoms with Crippen LogP contribution in [0.4, 0.5) is 0 Å². The fourth-order valence-electron chi connectivity index (χ4n) is 3.11. The van der Waals surface area contributed by atoms with Crippen LogP contribution in [0.2, 0.25) is 5.02 Å². The van der Waals surface area contributed by atoms with Crippen molar-refractivity contribution in [2.75, 3.05) is 20.3 Å². The maximum Gasteiger partial charge on any atom is 0.271 e. The van der Waals surface area contributed by atoms with E-state index in [-0.39, 0.29) is 5.91 Å². The summed E-state index contributed by atoms with van der Waals surface area (Å²) in [6, 6.07) is 16.1. The van der Waals surface area contributed by atoms with Gasteiger partial charge in [-0.05, 0) is 83.1 Å². The number of carbonyl (C=O) groups is 1. The van der Waals surface area contributed by atoms with Gasteiger partial charge in [0.15, 0.2) is 23.0 Å². The van der Waals surface area contributed by atoms with E-state index in [1.54, 1.807) is 30.5 Å². The van der Waals surface area contributed by atoms with Gasteiger partial charge in [-0.15, -0.1) is 0 Å². The van der Waals surface area contributed by atoms with Crippen LogP contribution in [0.5, 0.6) is 23.0 Å². The van der Waals surface area contributed by atoms with E-state index in [0.29, 0.717) is 53.4 Å². The van der Waals surface area contributed by atoms with Gasteiger partial charge in [-0.3, -0.25) is 4.79 Å². The van der Waals surface area contributed by atoms with Crippen molar-refractivity contribution < 1.29 is 23.7 Å². The second kappa shape index (κ2) is 13.7. The molecule has 0 aliphatic carbocycles. The lowest BCUT2D eigenvalue weighted by Crippen LogP contribution is -2.17. The van der Waals surface area contributed by atoms with Gasteiger partial charge < -0.3 is 18.9 Å². The summed E-state index contributed by atoms with van der Waals surface area (Å²) < 4.78 is 23.5. The minimum absolute atomic E-state index is 0.333. The van der Waals surface area contributed by atoms with Gasteiger partial charge in [0.05, 0.1) is 23.5 Å². The lowest BCUT2D eigenvalue weighted by Gasteiger charge is -2.15. The Bertz CT molecular complexity index is 1230. The molecule has 3 rings (SSSR count). The van der Waals surface area contributed by atoms with Crippen LogP contribution in [0.1, 0.15) is 28.4 Å². The van der Waals surface area contributed by atoms with E-state index in [4.69, 9.17) is 30.5 Å². The molecule has 0 fully saturated rings. The molecule has 0 aliphatic rings. The number of hydrazone groups is 1. The molecule has 3 aromatic carbocycles. The van der Waals surface area contributed by atoms with E-state index in [1.165, 1.54) is 7.11 Å². The first kappa shape index (κ1) is 27.3. The molecule has 0 unspecified atom stereocenters. The Morgan fingerprint density at radius 2 is 1.83 bits per heavy atom. The molecule has 36 heavy (non-hydrogen) atoms. The molecule has 9 heteroatoms. The van der Waals surface area contributed by atoms with Crippen molar-refractivity contribution in [2.45, 2.75) is 13.5 Å². The van der Waals surface area contributed by atoms with Crippen molar-refractivity contribution in [3.05, 3.63) is 92.5 Å². The molecule has 0 spiro atoms. The topological polar surface area (TPSA) is 78.4 Å². The van der Waals surface area contributed by atoms with Crippen molar-refractivity contribution in [1.82, 2.24) is 5.43 Å². The van der Waals surface area contributed by atoms with Gasteiger partial charge in [0.2, 0.25) is 0 Å². The standard InChI is InChI=1S/C27H26ClIN2O5/c1-4-12-35-23-11-8-20(15-24(23)33-3)27(32)31-30-16-19-13-22(29)26(25(14-19)34-5-2)36-17-18-6-9-21(28)10-7-18/h4,6-11,13-16H,1,5,12,17H2,2-3H3,(H,31,32)/b30-16+. The molecule has 0 bridgehead atoms. The molecule has 0 saturated carbocycles. The number of amides is 1. The molecule has 0 atom stereocenters. The van der Waals surface area contributed by atoms with Crippen LogP contribution in [0.25, 0.3) is 0 Å². The third-order valence-corrected chi connectivity index (χ3v) is 5.84. The molecular weight excluding hydrogens is 595 g/mol. The molecule has 7 nitrogen and oxygen atoms in total. The van der Waals surface area contributed by atoms with Crippen LogP contribution in [0.15, 0.2) is 72.4 Å². The fraction of sp³-hybridized carbons (Fsp3) is 0.185. The normalized spacial score (nSPS) is 10.7. The lowest BCUT2D eigenvalue weighted by atomic mass is 10.2. The molecular formula is C27H26ClIN2O5. The highest BCUT2D eigenvalue weighted by molar-refractivity contribution is 14.1. The van der Waals surface area contributed by atoms with Gasteiger partial charge in [0, 0.05) is 10.6 Å². The zero-order chi connectivity index (χ0) is 25.9. The van der Waals surface area contributed by atoms with Gasteiger partial charge in [0.1, 0.15) is 13.2 Å². The number of methoxy groups -OCH3 is 1. The zero-order valence-corrected chi connectivity index (χ0v) is 22.8. The quantitative estimate of drug-likeness (QED) is 0.112. The number of halogens is 2. The predicted octanol–water partition coefficient (Wildman–Crippen LogP) is 6.26. The van der Waals surface area contributed by atoms with Crippen LogP contribution >= 0.6 is 34.2 Å². The Morgan fingerprint density at radius 1 is 1.06 bits per heavy atom. The summed E-state index contributed by atoms with van der Waals surface area (Å²) >= 11 is 8.14. The Kier molecular flexibility index (Phi) is 10.4. The van der Waals surface area contributed by atoms with Crippen LogP contribution in [-0.4, -0.2) is 32.4 Å². The summed E-state index contributed by atoms with van der Waals surface area (Å²) in [6.45, 7) is 6.70. The summed E-state index contributed by atoms with van der Waals surface area (Å²) in [4.78, 5) is 12.6. The highest BCUT2D eigenvalue weighted by Crippen LogP contribution is 2.34. The summed E-state index contributed by atoms with van der Waals surface area (Å²) in [5.74, 6) is 1.81. The third-order valence-electron chi connectivity index (χ3n) is 4.79. The van der Waals surface area contributed by atoms with Crippen molar-refractivity contribution >= 4 is 46.3 Å². The average Bonchev–Trinajstić information content (AvgIpc) is 2.88. The van der Waals surface area contributed by atoms with Crippen LogP contribution in [-0.2, 0) is 6.61 Å². The maximum atomic E-state index is 12.6. The zero-order valence-electron chi connectivity index (χ0n) is 19.9. The monoisotopic (exact) mass is 620 g/mol. The Balaban J connectivity index is 1.70. The molecule has 188 valence electrons. The second-order valence-electron chi connectivity index (χ2n) is 7.34. The molecule has 0 radical (unpaired) electrons. The number of hydrogen-bond acceptors (Lipinski definition) is 6. The van der Waals surface area contributed by atoms with Gasteiger partial charge in [0.25, 0.3) is 5.91 Å². The maximum absolute atomic E-state index is 12.6. The Hall–Kier alpha value is -3.24. The van der Waals surface area contributed by atoms with Crippen molar-refractivity contribution in [2.24, 2.45) is 5.10 Å². The van der Waals surface area contributed by atoms with Gasteiger partial charge in [-0.25, -0.2) is 5.43 Å². The first-order valence-corrected chi connectivity index (χ1v) is 12.5. The van der Waals surface area contributed by atoms with E-state index < -0.39 is 0 Å². The third kappa shape index (κ3) is 7.63. The Morgan fingerprint density at radius 3 is 2.53 bits per heavy atom. The molecule has 1 amide bonds. The number of rotatable bonds is 12. The predicted molar refractivity (Wildman–Crippen MR) is 150 cm³/mol. The van der Waals surface area contributed by atoms with Gasteiger partial charge >= 0.3 is 0 Å². The van der Waals surface area contributed by atoms with Crippen LogP contribution in [0, 0.1) is 3.57 Å². The van der Waals surface area contributed by atoms with Crippen molar-refractivity contribution in [1.29, 1.82) is 0 Å². The minimum Gasteiger partial charge on any atom is -0.493 e. The van der Waals surface area contributed by atoms with E-state index in [9.17, 15) is 4.79 Å². The number of nitrogens with zero attached hydrogens (tertiary/aromatic N) is 1. The summed E-state index contributed by atoms with van der Waals surface area (Å²) in [5.41, 5.74) is 4.64. The summed E-state index contributed by atoms with van der Waals surface area (Å²) in [7, 11) is 1.51. The van der Waals surface area contributed by atoms with Crippen molar-refractivity contribution in [3.8, 4) is 23.0 Å². The molecule has 1 N–H and O–H groups in total. The Labute approximate surface area is 229 Å². The molecule has 0 aromatic heterocycles. The second-order valence-corrected chi connectivity index (χ2v) is 8.94. The number of nitrogens with one attached hydrogen (secondary N) is 1. The average molecular weight is 621 g/mol. The first-order chi connectivity index (χ1) is 17.4. The van der Waals surface area contributed by atoms with Crippen LogP contribution in [0.3, 0.4) is 0 Å². The van der Waals surface area contributed by atoms with E-state index >= 15 is 0 Å². The minimum atomic E-state index is -0.387.